The molecule has 2 atom stereocenters. The molecule has 0 spiro atoms. The molecule has 1 heterocycles. The third-order valence-corrected chi connectivity index (χ3v) is 6.99. The zero-order valence-electron chi connectivity index (χ0n) is 19.6. The second-order valence-electron chi connectivity index (χ2n) is 9.27. The lowest BCUT2D eigenvalue weighted by atomic mass is 9.83. The summed E-state index contributed by atoms with van der Waals surface area (Å²) in [6.07, 6.45) is 6.30. The van der Waals surface area contributed by atoms with Crippen molar-refractivity contribution in [3.63, 3.8) is 0 Å². The van der Waals surface area contributed by atoms with Crippen LogP contribution in [0.2, 0.25) is 0 Å². The number of piperidine rings is 1. The fraction of sp³-hybridized carbons (Fsp3) is 0.481. The second kappa shape index (κ2) is 10.4. The fourth-order valence-electron chi connectivity index (χ4n) is 5.34. The van der Waals surface area contributed by atoms with Gasteiger partial charge in [0, 0.05) is 24.8 Å². The molecule has 6 heteroatoms. The third-order valence-electron chi connectivity index (χ3n) is 6.99. The number of anilines is 1. The second-order valence-corrected chi connectivity index (χ2v) is 9.27. The van der Waals surface area contributed by atoms with E-state index in [1.165, 1.54) is 31.7 Å². The van der Waals surface area contributed by atoms with Crippen molar-refractivity contribution in [2.45, 2.75) is 64.5 Å². The molecule has 2 N–H and O–H groups in total. The topological polar surface area (TPSA) is 61.4 Å². The van der Waals surface area contributed by atoms with Gasteiger partial charge in [-0.2, -0.15) is 0 Å². The normalized spacial score (nSPS) is 21.1. The monoisotopic (exact) mass is 451 g/mol. The summed E-state index contributed by atoms with van der Waals surface area (Å²) < 4.78 is 14.7. The first-order valence-electron chi connectivity index (χ1n) is 12.2. The van der Waals surface area contributed by atoms with E-state index < -0.39 is 11.9 Å². The van der Waals surface area contributed by atoms with Crippen molar-refractivity contribution < 1.29 is 14.0 Å². The van der Waals surface area contributed by atoms with E-state index in [4.69, 9.17) is 0 Å². The largest absolute Gasteiger partial charge is 0.382 e. The number of benzene rings is 2. The van der Waals surface area contributed by atoms with Gasteiger partial charge in [-0.3, -0.25) is 9.59 Å². The number of rotatable bonds is 6. The Morgan fingerprint density at radius 1 is 1.03 bits per heavy atom. The van der Waals surface area contributed by atoms with Crippen LogP contribution in [-0.2, 0) is 4.79 Å². The van der Waals surface area contributed by atoms with Crippen molar-refractivity contribution >= 4 is 17.5 Å². The zero-order chi connectivity index (χ0) is 23.4. The number of amides is 2. The number of aryl methyl sites for hydroxylation is 1. The lowest BCUT2D eigenvalue weighted by molar-refractivity contribution is -0.128. The highest BCUT2D eigenvalue weighted by Crippen LogP contribution is 2.38. The van der Waals surface area contributed by atoms with Gasteiger partial charge in [0.15, 0.2) is 0 Å². The molecular weight excluding hydrogens is 417 g/mol. The molecule has 0 bridgehead atoms. The zero-order valence-corrected chi connectivity index (χ0v) is 19.6. The third kappa shape index (κ3) is 5.05. The molecule has 1 aliphatic heterocycles. The summed E-state index contributed by atoms with van der Waals surface area (Å²) in [7, 11) is 0. The maximum absolute atomic E-state index is 14.7. The quantitative estimate of drug-likeness (QED) is 0.633. The van der Waals surface area contributed by atoms with Gasteiger partial charge in [0.1, 0.15) is 5.82 Å². The van der Waals surface area contributed by atoms with E-state index in [-0.39, 0.29) is 23.3 Å². The molecule has 1 aliphatic carbocycles. The highest BCUT2D eigenvalue weighted by Gasteiger charge is 2.40. The Morgan fingerprint density at radius 2 is 1.76 bits per heavy atom. The summed E-state index contributed by atoms with van der Waals surface area (Å²) in [5.74, 6) is -1.30. The molecule has 1 saturated carbocycles. The van der Waals surface area contributed by atoms with Crippen molar-refractivity contribution in [2.75, 3.05) is 18.4 Å². The van der Waals surface area contributed by atoms with Crippen LogP contribution in [0, 0.1) is 18.7 Å². The number of nitrogens with one attached hydrogen (secondary N) is 2. The maximum Gasteiger partial charge on any atom is 0.257 e. The van der Waals surface area contributed by atoms with Crippen molar-refractivity contribution in [3.8, 4) is 0 Å². The molecule has 2 fully saturated rings. The van der Waals surface area contributed by atoms with Crippen LogP contribution >= 0.6 is 0 Å². The maximum atomic E-state index is 14.7. The summed E-state index contributed by atoms with van der Waals surface area (Å²) in [5, 5.41) is 6.52. The summed E-state index contributed by atoms with van der Waals surface area (Å²) in [5.41, 5.74) is 2.66. The van der Waals surface area contributed by atoms with Gasteiger partial charge in [-0.15, -0.1) is 0 Å². The Morgan fingerprint density at radius 3 is 2.42 bits per heavy atom. The first kappa shape index (κ1) is 23.3. The lowest BCUT2D eigenvalue weighted by Gasteiger charge is -2.41. The summed E-state index contributed by atoms with van der Waals surface area (Å²) in [6.45, 7) is 4.67. The Bertz CT molecular complexity index is 965. The molecule has 0 unspecified atom stereocenters. The molecule has 2 aromatic rings. The van der Waals surface area contributed by atoms with Gasteiger partial charge >= 0.3 is 0 Å². The number of nitrogens with zero attached hydrogens (tertiary/aromatic N) is 1. The Hall–Kier alpha value is -2.89. The summed E-state index contributed by atoms with van der Waals surface area (Å²) in [4.78, 5) is 28.3. The average molecular weight is 452 g/mol. The molecule has 33 heavy (non-hydrogen) atoms. The van der Waals surface area contributed by atoms with Gasteiger partial charge in [-0.1, -0.05) is 37.1 Å². The van der Waals surface area contributed by atoms with E-state index in [0.717, 1.165) is 11.3 Å². The van der Waals surface area contributed by atoms with Crippen LogP contribution in [-0.4, -0.2) is 35.8 Å². The molecule has 2 amide bonds. The molecular formula is C27H34FN3O2. The Labute approximate surface area is 195 Å². The summed E-state index contributed by atoms with van der Waals surface area (Å²) in [6, 6.07) is 12.9. The number of hydrogen-bond acceptors (Lipinski definition) is 3. The molecule has 0 aromatic heterocycles. The Balaban J connectivity index is 1.66. The number of carbonyl (C=O) groups is 2. The van der Waals surface area contributed by atoms with Crippen molar-refractivity contribution in [1.29, 1.82) is 0 Å². The van der Waals surface area contributed by atoms with Gasteiger partial charge in [0.2, 0.25) is 5.91 Å². The van der Waals surface area contributed by atoms with E-state index >= 15 is 0 Å². The van der Waals surface area contributed by atoms with E-state index in [9.17, 15) is 14.0 Å². The molecule has 5 nitrogen and oxygen atoms in total. The summed E-state index contributed by atoms with van der Waals surface area (Å²) >= 11 is 0. The standard InChI is InChI=1S/C27H34FN3O2/c1-3-29-26(32)22-11-7-17-31(27(33)24-18(2)8-6-12-23(24)28)25(22)19-13-15-21(16-14-19)30-20-9-4-5-10-20/h6,8,12-16,20,22,25,30H,3-5,7,9-11,17H2,1-2H3,(H,29,32)/t22-,25-/m0/s1. The van der Waals surface area contributed by atoms with Gasteiger partial charge in [-0.25, -0.2) is 4.39 Å². The number of hydrogen-bond donors (Lipinski definition) is 2. The van der Waals surface area contributed by atoms with Gasteiger partial charge in [0.05, 0.1) is 17.5 Å². The molecule has 176 valence electrons. The van der Waals surface area contributed by atoms with E-state index in [2.05, 4.69) is 10.6 Å². The van der Waals surface area contributed by atoms with Gasteiger partial charge in [-0.05, 0) is 68.9 Å². The van der Waals surface area contributed by atoms with E-state index in [1.807, 2.05) is 31.2 Å². The first-order valence-corrected chi connectivity index (χ1v) is 12.2. The Kier molecular flexibility index (Phi) is 7.31. The van der Waals surface area contributed by atoms with Crippen LogP contribution in [0.15, 0.2) is 42.5 Å². The molecule has 2 aliphatic rings. The van der Waals surface area contributed by atoms with Crippen LogP contribution in [0.4, 0.5) is 10.1 Å². The number of halogens is 1. The molecule has 0 radical (unpaired) electrons. The van der Waals surface area contributed by atoms with E-state index in [1.54, 1.807) is 24.0 Å². The van der Waals surface area contributed by atoms with Crippen LogP contribution < -0.4 is 10.6 Å². The highest BCUT2D eigenvalue weighted by molar-refractivity contribution is 5.96. The minimum atomic E-state index is -0.519. The average Bonchev–Trinajstić information content (AvgIpc) is 3.32. The minimum Gasteiger partial charge on any atom is -0.382 e. The SMILES string of the molecule is CCNC(=O)[C@H]1CCCN(C(=O)c2c(C)cccc2F)[C@H]1c1ccc(NC2CCCC2)cc1. The first-order chi connectivity index (χ1) is 16.0. The van der Waals surface area contributed by atoms with Gasteiger partial charge in [0.25, 0.3) is 5.91 Å². The van der Waals surface area contributed by atoms with Gasteiger partial charge < -0.3 is 15.5 Å². The predicted octanol–water partition coefficient (Wildman–Crippen LogP) is 5.22. The van der Waals surface area contributed by atoms with Crippen molar-refractivity contribution in [2.24, 2.45) is 5.92 Å². The minimum absolute atomic E-state index is 0.0570. The van der Waals surface area contributed by atoms with Crippen molar-refractivity contribution in [3.05, 3.63) is 65.0 Å². The highest BCUT2D eigenvalue weighted by atomic mass is 19.1. The smallest absolute Gasteiger partial charge is 0.257 e. The van der Waals surface area contributed by atoms with Crippen LogP contribution in [0.3, 0.4) is 0 Å². The van der Waals surface area contributed by atoms with E-state index in [0.29, 0.717) is 37.5 Å². The fourth-order valence-corrected chi connectivity index (χ4v) is 5.34. The number of likely N-dealkylation sites (tertiary alicyclic amines) is 1. The van der Waals surface area contributed by atoms with Crippen LogP contribution in [0.25, 0.3) is 0 Å². The number of carbonyl (C=O) groups excluding carboxylic acids is 2. The van der Waals surface area contributed by atoms with Crippen LogP contribution in [0.5, 0.6) is 0 Å². The molecule has 2 aromatic carbocycles. The van der Waals surface area contributed by atoms with Crippen LogP contribution in [0.1, 0.15) is 73.0 Å². The predicted molar refractivity (Wildman–Crippen MR) is 129 cm³/mol. The lowest BCUT2D eigenvalue weighted by Crippen LogP contribution is -2.48. The molecule has 1 saturated heterocycles. The molecule has 4 rings (SSSR count). The van der Waals surface area contributed by atoms with Crippen molar-refractivity contribution in [1.82, 2.24) is 10.2 Å².